The van der Waals surface area contributed by atoms with Crippen LogP contribution in [0.3, 0.4) is 0 Å². The van der Waals surface area contributed by atoms with Gasteiger partial charge in [-0.25, -0.2) is 9.36 Å². The van der Waals surface area contributed by atoms with E-state index in [9.17, 15) is 29.0 Å². The molecule has 1 aromatic carbocycles. The fourth-order valence-corrected chi connectivity index (χ4v) is 4.69. The third-order valence-electron chi connectivity index (χ3n) is 5.92. The van der Waals surface area contributed by atoms with Crippen molar-refractivity contribution in [3.8, 4) is 11.5 Å². The van der Waals surface area contributed by atoms with Gasteiger partial charge in [-0.3, -0.25) is 14.6 Å². The number of phenols is 1. The molecule has 0 saturated carbocycles. The third-order valence-corrected chi connectivity index (χ3v) is 6.77. The van der Waals surface area contributed by atoms with Crippen LogP contribution in [0.5, 0.6) is 11.5 Å². The van der Waals surface area contributed by atoms with Crippen molar-refractivity contribution < 1.29 is 43.1 Å². The van der Waals surface area contributed by atoms with E-state index in [1.807, 2.05) is 18.2 Å². The summed E-state index contributed by atoms with van der Waals surface area (Å²) in [6, 6.07) is 0.843. The largest absolute Gasteiger partial charge is 0.524 e. The predicted molar refractivity (Wildman–Crippen MR) is 140 cm³/mol. The number of phosphoric ester groups is 1. The quantitative estimate of drug-likeness (QED) is 0.203. The van der Waals surface area contributed by atoms with E-state index in [2.05, 4.69) is 5.16 Å². The van der Waals surface area contributed by atoms with Crippen LogP contribution in [0.15, 0.2) is 35.5 Å². The number of carbonyl (C=O) groups is 2. The monoisotopic (exact) mass is 570 g/mol. The molecular weight excluding hydrogens is 539 g/mol. The molecule has 2 heterocycles. The van der Waals surface area contributed by atoms with Gasteiger partial charge in [0.05, 0.1) is 10.7 Å². The summed E-state index contributed by atoms with van der Waals surface area (Å²) >= 11 is 6.36. The van der Waals surface area contributed by atoms with E-state index in [-0.39, 0.29) is 40.8 Å². The normalized spacial score (nSPS) is 20.4. The first kappa shape index (κ1) is 29.7. The highest BCUT2D eigenvalue weighted by Crippen LogP contribution is 2.45. The lowest BCUT2D eigenvalue weighted by molar-refractivity contribution is -0.137. The number of phenolic OH excluding ortho intramolecular Hbond substituents is 1. The summed E-state index contributed by atoms with van der Waals surface area (Å²) in [4.78, 5) is 51.5. The second kappa shape index (κ2) is 13.8. The van der Waals surface area contributed by atoms with Crippen molar-refractivity contribution in [3.63, 3.8) is 0 Å². The molecule has 1 fully saturated rings. The number of fused-ring (bicyclic) bond motifs is 1. The molecule has 0 radical (unpaired) electrons. The van der Waals surface area contributed by atoms with Gasteiger partial charge in [-0.05, 0) is 50.7 Å². The van der Waals surface area contributed by atoms with Crippen LogP contribution in [0.25, 0.3) is 0 Å². The van der Waals surface area contributed by atoms with Crippen molar-refractivity contribution in [1.29, 1.82) is 0 Å². The number of benzene rings is 1. The summed E-state index contributed by atoms with van der Waals surface area (Å²) in [5.41, 5.74) is -0.155. The number of likely N-dealkylation sites (tertiary alicyclic amines) is 1. The zero-order valence-corrected chi connectivity index (χ0v) is 22.7. The van der Waals surface area contributed by atoms with Crippen molar-refractivity contribution in [2.24, 2.45) is 5.16 Å². The molecule has 0 aliphatic carbocycles. The van der Waals surface area contributed by atoms with Gasteiger partial charge in [0.1, 0.15) is 23.2 Å². The first-order valence-corrected chi connectivity index (χ1v) is 14.2. The van der Waals surface area contributed by atoms with E-state index < -0.39 is 31.4 Å². The van der Waals surface area contributed by atoms with E-state index in [0.717, 1.165) is 31.7 Å². The SMILES string of the molecule is C[C@@H]1CC=CCCC=CC(=NOCC(=O)N2CCCCC2)Cc2c(Cl)c(O)cc(OP(=O)(O)O)c2C(=O)O1. The van der Waals surface area contributed by atoms with Gasteiger partial charge in [0.15, 0.2) is 6.61 Å². The number of amides is 1. The molecule has 1 atom stereocenters. The fraction of sp³-hybridized carbons (Fsp3) is 0.480. The second-order valence-corrected chi connectivity index (χ2v) is 10.6. The van der Waals surface area contributed by atoms with Crippen LogP contribution in [0.1, 0.15) is 61.4 Å². The van der Waals surface area contributed by atoms with E-state index in [1.165, 1.54) is 0 Å². The number of esters is 1. The molecule has 0 bridgehead atoms. The Bertz CT molecular complexity index is 1160. The number of halogens is 1. The number of hydrogen-bond acceptors (Lipinski definition) is 8. The Morgan fingerprint density at radius 2 is 1.92 bits per heavy atom. The van der Waals surface area contributed by atoms with Crippen molar-refractivity contribution in [1.82, 2.24) is 4.90 Å². The number of ether oxygens (including phenoxy) is 1. The maximum absolute atomic E-state index is 13.2. The van der Waals surface area contributed by atoms with Gasteiger partial charge in [-0.15, -0.1) is 0 Å². The molecule has 1 aromatic rings. The lowest BCUT2D eigenvalue weighted by Crippen LogP contribution is -2.37. The Balaban J connectivity index is 1.99. The van der Waals surface area contributed by atoms with Gasteiger partial charge in [-0.2, -0.15) is 0 Å². The molecular formula is C25H32ClN2O9P. The Hall–Kier alpha value is -2.85. The average Bonchev–Trinajstić information content (AvgIpc) is 2.85. The average molecular weight is 571 g/mol. The maximum atomic E-state index is 13.2. The number of cyclic esters (lactones) is 1. The number of oxime groups is 1. The van der Waals surface area contributed by atoms with Crippen LogP contribution in [0.2, 0.25) is 5.02 Å². The molecule has 3 rings (SSSR count). The van der Waals surface area contributed by atoms with Gasteiger partial charge >= 0.3 is 13.8 Å². The summed E-state index contributed by atoms with van der Waals surface area (Å²) in [5.74, 6) is -2.31. The number of piperidine rings is 1. The summed E-state index contributed by atoms with van der Waals surface area (Å²) < 4.78 is 21.8. The zero-order chi connectivity index (χ0) is 27.7. The number of hydrogen-bond donors (Lipinski definition) is 3. The molecule has 11 nitrogen and oxygen atoms in total. The Morgan fingerprint density at radius 1 is 1.21 bits per heavy atom. The van der Waals surface area contributed by atoms with E-state index in [4.69, 9.17) is 25.7 Å². The zero-order valence-electron chi connectivity index (χ0n) is 21.0. The van der Waals surface area contributed by atoms with Crippen LogP contribution < -0.4 is 4.52 Å². The number of phosphoric acid groups is 1. The van der Waals surface area contributed by atoms with Gasteiger partial charge in [0, 0.05) is 32.0 Å². The lowest BCUT2D eigenvalue weighted by Gasteiger charge is -2.26. The first-order valence-electron chi connectivity index (χ1n) is 12.3. The van der Waals surface area contributed by atoms with E-state index >= 15 is 0 Å². The minimum absolute atomic E-state index is 0.0331. The highest BCUT2D eigenvalue weighted by Gasteiger charge is 2.30. The summed E-state index contributed by atoms with van der Waals surface area (Å²) in [5, 5.41) is 14.2. The van der Waals surface area contributed by atoms with Gasteiger partial charge < -0.3 is 24.1 Å². The summed E-state index contributed by atoms with van der Waals surface area (Å²) in [6.45, 7) is 2.71. The number of aromatic hydroxyl groups is 1. The topological polar surface area (TPSA) is 155 Å². The Kier molecular flexibility index (Phi) is 10.8. The molecule has 3 N–H and O–H groups in total. The third kappa shape index (κ3) is 8.87. The van der Waals surface area contributed by atoms with Crippen LogP contribution in [-0.4, -0.2) is 63.2 Å². The first-order chi connectivity index (χ1) is 18.0. The molecule has 1 amide bonds. The minimum Gasteiger partial charge on any atom is -0.506 e. The highest BCUT2D eigenvalue weighted by atomic mass is 35.5. The highest BCUT2D eigenvalue weighted by molar-refractivity contribution is 7.46. The van der Waals surface area contributed by atoms with Crippen molar-refractivity contribution in [2.45, 2.75) is 58.0 Å². The molecule has 0 unspecified atom stereocenters. The van der Waals surface area contributed by atoms with Gasteiger partial charge in [0.2, 0.25) is 0 Å². The smallest absolute Gasteiger partial charge is 0.506 e. The van der Waals surface area contributed by atoms with Crippen molar-refractivity contribution in [2.75, 3.05) is 19.7 Å². The molecule has 0 spiro atoms. The standard InChI is InChI=1S/C25H32ClN2O9P/c1-17-10-6-3-2-4-7-11-18(27-35-16-22(30)28-12-8-5-9-13-28)14-19-23(25(31)36-17)21(37-38(32,33)34)15-20(29)24(19)26/h3,6-7,11,15,17,29H,2,4-5,8-10,12-14,16H2,1H3,(H2,32,33,34)/t17-/m1/s1. The van der Waals surface area contributed by atoms with E-state index in [0.29, 0.717) is 25.9 Å². The lowest BCUT2D eigenvalue weighted by atomic mass is 9.99. The Labute approximate surface area is 225 Å². The number of allylic oxidation sites excluding steroid dienone is 3. The van der Waals surface area contributed by atoms with Crippen LogP contribution in [-0.2, 0) is 25.4 Å². The molecule has 1 saturated heterocycles. The summed E-state index contributed by atoms with van der Waals surface area (Å²) in [7, 11) is -5.13. The number of carbonyl (C=O) groups excluding carboxylic acids is 2. The van der Waals surface area contributed by atoms with Crippen molar-refractivity contribution in [3.05, 3.63) is 46.5 Å². The molecule has 208 valence electrons. The summed E-state index contributed by atoms with van der Waals surface area (Å²) in [6.07, 6.45) is 11.2. The molecule has 0 aromatic heterocycles. The maximum Gasteiger partial charge on any atom is 0.524 e. The fourth-order valence-electron chi connectivity index (χ4n) is 4.08. The van der Waals surface area contributed by atoms with Crippen molar-refractivity contribution >= 4 is 37.0 Å². The molecule has 13 heteroatoms. The molecule has 38 heavy (non-hydrogen) atoms. The van der Waals surface area contributed by atoms with Crippen LogP contribution in [0, 0.1) is 0 Å². The number of nitrogens with zero attached hydrogens (tertiary/aromatic N) is 2. The van der Waals surface area contributed by atoms with E-state index in [1.54, 1.807) is 17.9 Å². The van der Waals surface area contributed by atoms with Gasteiger partial charge in [0.25, 0.3) is 5.91 Å². The molecule has 2 aliphatic rings. The number of rotatable bonds is 5. The van der Waals surface area contributed by atoms with Crippen LogP contribution in [0.4, 0.5) is 0 Å². The second-order valence-electron chi connectivity index (χ2n) is 9.02. The molecule has 2 aliphatic heterocycles. The predicted octanol–water partition coefficient (Wildman–Crippen LogP) is 4.29. The minimum atomic E-state index is -5.13. The van der Waals surface area contributed by atoms with Crippen LogP contribution >= 0.6 is 19.4 Å². The Morgan fingerprint density at radius 3 is 2.63 bits per heavy atom. The van der Waals surface area contributed by atoms with Gasteiger partial charge in [-0.1, -0.05) is 35.0 Å².